The fourth-order valence-corrected chi connectivity index (χ4v) is 1.36. The molecule has 16 heavy (non-hydrogen) atoms. The van der Waals surface area contributed by atoms with Crippen molar-refractivity contribution in [2.24, 2.45) is 0 Å². The summed E-state index contributed by atoms with van der Waals surface area (Å²) in [5.41, 5.74) is 0.293. The van der Waals surface area contributed by atoms with E-state index in [0.717, 1.165) is 19.3 Å². The first-order chi connectivity index (χ1) is 7.79. The van der Waals surface area contributed by atoms with Gasteiger partial charge in [-0.25, -0.2) is 9.97 Å². The van der Waals surface area contributed by atoms with Crippen molar-refractivity contribution in [3.63, 3.8) is 0 Å². The van der Waals surface area contributed by atoms with Crippen molar-refractivity contribution >= 4 is 23.7 Å². The molecule has 4 nitrogen and oxygen atoms in total. The zero-order chi connectivity index (χ0) is 11.8. The molecule has 0 radical (unpaired) electrons. The van der Waals surface area contributed by atoms with Crippen LogP contribution in [0.5, 0.6) is 0 Å². The van der Waals surface area contributed by atoms with E-state index in [4.69, 9.17) is 18.0 Å². The van der Waals surface area contributed by atoms with Gasteiger partial charge in [-0.15, -0.1) is 12.3 Å². The van der Waals surface area contributed by atoms with E-state index in [1.807, 2.05) is 0 Å². The molecule has 0 amide bonds. The highest BCUT2D eigenvalue weighted by molar-refractivity contribution is 6.32. The molecule has 1 aromatic rings. The lowest BCUT2D eigenvalue weighted by molar-refractivity contribution is 0.112. The largest absolute Gasteiger partial charge is 0.369 e. The second kappa shape index (κ2) is 6.81. The Morgan fingerprint density at radius 2 is 2.31 bits per heavy atom. The van der Waals surface area contributed by atoms with Crippen LogP contribution in [-0.2, 0) is 0 Å². The van der Waals surface area contributed by atoms with E-state index in [-0.39, 0.29) is 5.15 Å². The fourth-order valence-electron chi connectivity index (χ4n) is 1.18. The summed E-state index contributed by atoms with van der Waals surface area (Å²) in [7, 11) is 0. The van der Waals surface area contributed by atoms with Gasteiger partial charge in [0, 0.05) is 13.0 Å². The van der Waals surface area contributed by atoms with Crippen molar-refractivity contribution < 1.29 is 4.79 Å². The lowest BCUT2D eigenvalue weighted by Crippen LogP contribution is -2.07. The zero-order valence-electron chi connectivity index (χ0n) is 8.74. The van der Waals surface area contributed by atoms with Gasteiger partial charge in [-0.3, -0.25) is 4.79 Å². The third-order valence-electron chi connectivity index (χ3n) is 1.99. The van der Waals surface area contributed by atoms with E-state index in [2.05, 4.69) is 21.2 Å². The second-order valence-corrected chi connectivity index (χ2v) is 3.49. The van der Waals surface area contributed by atoms with Gasteiger partial charge in [0.15, 0.2) is 6.29 Å². The lowest BCUT2D eigenvalue weighted by atomic mass is 10.2. The lowest BCUT2D eigenvalue weighted by Gasteiger charge is -2.07. The fraction of sp³-hybridized carbons (Fsp3) is 0.364. The monoisotopic (exact) mass is 237 g/mol. The van der Waals surface area contributed by atoms with Crippen molar-refractivity contribution in [1.82, 2.24) is 9.97 Å². The normalized spacial score (nSPS) is 9.50. The minimum absolute atomic E-state index is 0.163. The van der Waals surface area contributed by atoms with Gasteiger partial charge in [-0.05, 0) is 12.8 Å². The number of aldehydes is 1. The van der Waals surface area contributed by atoms with E-state index in [1.165, 1.54) is 6.33 Å². The molecule has 1 aromatic heterocycles. The molecular weight excluding hydrogens is 226 g/mol. The third kappa shape index (κ3) is 3.52. The predicted octanol–water partition coefficient (Wildman–Crippen LogP) is 2.16. The Bertz CT molecular complexity index is 401. The Hall–Kier alpha value is -1.60. The Balaban J connectivity index is 2.51. The number of hydrogen-bond donors (Lipinski definition) is 1. The molecule has 0 aliphatic carbocycles. The average Bonchev–Trinajstić information content (AvgIpc) is 2.29. The molecule has 0 saturated carbocycles. The summed E-state index contributed by atoms with van der Waals surface area (Å²) in [6, 6.07) is 0. The minimum Gasteiger partial charge on any atom is -0.369 e. The van der Waals surface area contributed by atoms with E-state index >= 15 is 0 Å². The maximum atomic E-state index is 10.8. The Morgan fingerprint density at radius 3 is 3.00 bits per heavy atom. The number of terminal acetylenes is 1. The van der Waals surface area contributed by atoms with Crippen molar-refractivity contribution in [3.8, 4) is 12.3 Å². The summed E-state index contributed by atoms with van der Waals surface area (Å²) in [4.78, 5) is 18.4. The van der Waals surface area contributed by atoms with E-state index in [9.17, 15) is 4.79 Å². The molecule has 0 spiro atoms. The summed E-state index contributed by atoms with van der Waals surface area (Å²) in [6.07, 6.45) is 9.72. The number of nitrogens with zero attached hydrogens (tertiary/aromatic N) is 2. The van der Waals surface area contributed by atoms with Crippen LogP contribution < -0.4 is 5.32 Å². The third-order valence-corrected chi connectivity index (χ3v) is 2.29. The van der Waals surface area contributed by atoms with Gasteiger partial charge in [-0.1, -0.05) is 11.6 Å². The number of hydrogen-bond acceptors (Lipinski definition) is 4. The van der Waals surface area contributed by atoms with E-state index in [1.54, 1.807) is 0 Å². The van der Waals surface area contributed by atoms with Crippen LogP contribution in [0.3, 0.4) is 0 Å². The maximum Gasteiger partial charge on any atom is 0.156 e. The van der Waals surface area contributed by atoms with Gasteiger partial charge in [0.1, 0.15) is 17.3 Å². The SMILES string of the molecule is C#CCCCCNc1ncnc(Cl)c1C=O. The number of halogens is 1. The maximum absolute atomic E-state index is 10.8. The second-order valence-electron chi connectivity index (χ2n) is 3.13. The summed E-state index contributed by atoms with van der Waals surface area (Å²) < 4.78 is 0. The number of carbonyl (C=O) groups is 1. The van der Waals surface area contributed by atoms with Crippen LogP contribution in [-0.4, -0.2) is 22.8 Å². The van der Waals surface area contributed by atoms with Crippen molar-refractivity contribution in [2.75, 3.05) is 11.9 Å². The van der Waals surface area contributed by atoms with Crippen molar-refractivity contribution in [2.45, 2.75) is 19.3 Å². The molecule has 84 valence electrons. The van der Waals surface area contributed by atoms with Crippen molar-refractivity contribution in [3.05, 3.63) is 17.0 Å². The molecule has 1 rings (SSSR count). The topological polar surface area (TPSA) is 54.9 Å². The molecule has 1 N–H and O–H groups in total. The van der Waals surface area contributed by atoms with Gasteiger partial charge in [0.2, 0.25) is 0 Å². The molecule has 0 aliphatic rings. The molecule has 0 fully saturated rings. The number of aromatic nitrogens is 2. The number of nitrogens with one attached hydrogen (secondary N) is 1. The Morgan fingerprint density at radius 1 is 1.50 bits per heavy atom. The van der Waals surface area contributed by atoms with Gasteiger partial charge in [-0.2, -0.15) is 0 Å². The molecule has 1 heterocycles. The van der Waals surface area contributed by atoms with Crippen LogP contribution in [0.25, 0.3) is 0 Å². The van der Waals surface area contributed by atoms with Crippen molar-refractivity contribution in [1.29, 1.82) is 0 Å². The van der Waals surface area contributed by atoms with Crippen LogP contribution in [0, 0.1) is 12.3 Å². The van der Waals surface area contributed by atoms with Gasteiger partial charge < -0.3 is 5.32 Å². The van der Waals surface area contributed by atoms with Crippen LogP contribution in [0.1, 0.15) is 29.6 Å². The number of rotatable bonds is 6. The van der Waals surface area contributed by atoms with E-state index in [0.29, 0.717) is 24.2 Å². The zero-order valence-corrected chi connectivity index (χ0v) is 9.50. The molecule has 0 aromatic carbocycles. The summed E-state index contributed by atoms with van der Waals surface area (Å²) in [5, 5.41) is 3.19. The first-order valence-corrected chi connectivity index (χ1v) is 5.30. The van der Waals surface area contributed by atoms with Gasteiger partial charge >= 0.3 is 0 Å². The van der Waals surface area contributed by atoms with Crippen LogP contribution in [0.4, 0.5) is 5.82 Å². The molecule has 0 saturated heterocycles. The highest BCUT2D eigenvalue weighted by Gasteiger charge is 2.07. The standard InChI is InChI=1S/C11H12ClN3O/c1-2-3-4-5-6-13-11-9(7-16)10(12)14-8-15-11/h1,7-8H,3-6H2,(H,13,14,15). The molecule has 0 atom stereocenters. The van der Waals surface area contributed by atoms with Gasteiger partial charge in [0.05, 0.1) is 5.56 Å². The van der Waals surface area contributed by atoms with Gasteiger partial charge in [0.25, 0.3) is 0 Å². The number of unbranched alkanes of at least 4 members (excludes halogenated alkanes) is 2. The highest BCUT2D eigenvalue weighted by Crippen LogP contribution is 2.17. The first kappa shape index (κ1) is 12.5. The molecule has 0 bridgehead atoms. The average molecular weight is 238 g/mol. The molecular formula is C11H12ClN3O. The van der Waals surface area contributed by atoms with E-state index < -0.39 is 0 Å². The molecule has 5 heteroatoms. The Kier molecular flexibility index (Phi) is 5.30. The summed E-state index contributed by atoms with van der Waals surface area (Å²) >= 11 is 5.74. The smallest absolute Gasteiger partial charge is 0.156 e. The minimum atomic E-state index is 0.163. The summed E-state index contributed by atoms with van der Waals surface area (Å²) in [6.45, 7) is 0.704. The predicted molar refractivity (Wildman–Crippen MR) is 63.6 cm³/mol. The van der Waals surface area contributed by atoms with Crippen LogP contribution in [0.15, 0.2) is 6.33 Å². The summed E-state index contributed by atoms with van der Waals surface area (Å²) in [5.74, 6) is 3.04. The number of carbonyl (C=O) groups excluding carboxylic acids is 1. The first-order valence-electron chi connectivity index (χ1n) is 4.92. The highest BCUT2D eigenvalue weighted by atomic mass is 35.5. The number of anilines is 1. The quantitative estimate of drug-likeness (QED) is 0.357. The molecule has 0 aliphatic heterocycles. The van der Waals surface area contributed by atoms with Crippen LogP contribution in [0.2, 0.25) is 5.15 Å². The van der Waals surface area contributed by atoms with Crippen LogP contribution >= 0.6 is 11.6 Å². The Labute approximate surface area is 99.4 Å². The molecule has 0 unspecified atom stereocenters.